The van der Waals surface area contributed by atoms with E-state index in [0.29, 0.717) is 18.2 Å². The van der Waals surface area contributed by atoms with Gasteiger partial charge in [-0.1, -0.05) is 39.3 Å². The minimum atomic E-state index is -0.305. The van der Waals surface area contributed by atoms with Crippen LogP contribution < -0.4 is 10.9 Å². The van der Waals surface area contributed by atoms with E-state index in [9.17, 15) is 9.90 Å². The summed E-state index contributed by atoms with van der Waals surface area (Å²) in [6, 6.07) is -0.153. The average Bonchev–Trinajstić information content (AvgIpc) is 2.33. The lowest BCUT2D eigenvalue weighted by Crippen LogP contribution is -2.32. The highest BCUT2D eigenvalue weighted by molar-refractivity contribution is 6.32. The maximum absolute atomic E-state index is 12.0. The zero-order valence-electron chi connectivity index (χ0n) is 11.9. The molecular formula is C13H22ClN3O2. The molecule has 0 aliphatic carbocycles. The van der Waals surface area contributed by atoms with E-state index in [-0.39, 0.29) is 29.1 Å². The molecule has 0 fully saturated rings. The predicted molar refractivity (Wildman–Crippen MR) is 77.7 cm³/mol. The first-order valence-corrected chi connectivity index (χ1v) is 6.87. The largest absolute Gasteiger partial charge is 0.394 e. The Morgan fingerprint density at radius 3 is 2.53 bits per heavy atom. The molecule has 2 N–H and O–H groups in total. The van der Waals surface area contributed by atoms with Crippen LogP contribution in [0.5, 0.6) is 0 Å². The number of rotatable bonds is 6. The van der Waals surface area contributed by atoms with Crippen molar-refractivity contribution in [2.75, 3.05) is 11.9 Å². The number of hydrogen-bond acceptors (Lipinski definition) is 4. The number of anilines is 1. The maximum atomic E-state index is 12.0. The minimum Gasteiger partial charge on any atom is -0.394 e. The van der Waals surface area contributed by atoms with Crippen LogP contribution in [0.2, 0.25) is 5.02 Å². The van der Waals surface area contributed by atoms with Crippen LogP contribution in [-0.2, 0) is 6.54 Å². The Kier molecular flexibility index (Phi) is 5.82. The molecule has 0 saturated carbocycles. The molecule has 6 heteroatoms. The molecule has 1 rings (SSSR count). The van der Waals surface area contributed by atoms with Crippen LogP contribution in [0.3, 0.4) is 0 Å². The molecule has 0 aliphatic heterocycles. The number of aromatic nitrogens is 2. The summed E-state index contributed by atoms with van der Waals surface area (Å²) in [5.74, 6) is 0.542. The summed E-state index contributed by atoms with van der Waals surface area (Å²) in [5, 5.41) is 16.6. The molecule has 1 aromatic rings. The second-order valence-corrected chi connectivity index (χ2v) is 5.81. The van der Waals surface area contributed by atoms with Crippen molar-refractivity contribution in [3.8, 4) is 0 Å². The number of aliphatic hydroxyl groups excluding tert-OH is 1. The van der Waals surface area contributed by atoms with Crippen LogP contribution in [0.25, 0.3) is 0 Å². The molecule has 5 nitrogen and oxygen atoms in total. The first-order chi connectivity index (χ1) is 8.86. The van der Waals surface area contributed by atoms with Gasteiger partial charge in [-0.15, -0.1) is 0 Å². The van der Waals surface area contributed by atoms with Gasteiger partial charge in [0.1, 0.15) is 5.02 Å². The van der Waals surface area contributed by atoms with E-state index in [4.69, 9.17) is 11.6 Å². The lowest BCUT2D eigenvalue weighted by molar-refractivity contribution is 0.249. The molecule has 0 aromatic carbocycles. The number of nitrogens with one attached hydrogen (secondary N) is 1. The lowest BCUT2D eigenvalue weighted by atomic mass is 10.1. The summed E-state index contributed by atoms with van der Waals surface area (Å²) in [6.07, 6.45) is 1.54. The first-order valence-electron chi connectivity index (χ1n) is 6.49. The first kappa shape index (κ1) is 16.0. The highest BCUT2D eigenvalue weighted by Gasteiger charge is 2.16. The van der Waals surface area contributed by atoms with E-state index in [1.54, 1.807) is 0 Å². The summed E-state index contributed by atoms with van der Waals surface area (Å²) in [6.45, 7) is 8.49. The highest BCUT2D eigenvalue weighted by atomic mass is 35.5. The van der Waals surface area contributed by atoms with Crippen LogP contribution in [-0.4, -0.2) is 27.5 Å². The Hall–Kier alpha value is -1.07. The molecule has 1 heterocycles. The fourth-order valence-corrected chi connectivity index (χ4v) is 1.87. The van der Waals surface area contributed by atoms with Crippen LogP contribution in [0.15, 0.2) is 11.0 Å². The van der Waals surface area contributed by atoms with Crippen molar-refractivity contribution in [2.45, 2.75) is 40.3 Å². The van der Waals surface area contributed by atoms with Gasteiger partial charge in [0.05, 0.1) is 24.5 Å². The predicted octanol–water partition coefficient (Wildman–Crippen LogP) is 1.98. The zero-order valence-corrected chi connectivity index (χ0v) is 12.6. The number of halogens is 1. The summed E-state index contributed by atoms with van der Waals surface area (Å²) in [7, 11) is 0. The zero-order chi connectivity index (χ0) is 14.6. The van der Waals surface area contributed by atoms with Crippen molar-refractivity contribution in [3.05, 3.63) is 21.6 Å². The van der Waals surface area contributed by atoms with E-state index in [0.717, 1.165) is 0 Å². The van der Waals surface area contributed by atoms with Gasteiger partial charge in [-0.2, -0.15) is 5.10 Å². The Morgan fingerprint density at radius 1 is 1.42 bits per heavy atom. The van der Waals surface area contributed by atoms with Crippen LogP contribution >= 0.6 is 11.6 Å². The molecule has 0 bridgehead atoms. The Labute approximate surface area is 118 Å². The van der Waals surface area contributed by atoms with Gasteiger partial charge in [0.25, 0.3) is 5.56 Å². The van der Waals surface area contributed by atoms with Crippen molar-refractivity contribution in [1.29, 1.82) is 0 Å². The van der Waals surface area contributed by atoms with Gasteiger partial charge in [0, 0.05) is 6.54 Å². The third-order valence-electron chi connectivity index (χ3n) is 2.87. The normalized spacial score (nSPS) is 13.1. The summed E-state index contributed by atoms with van der Waals surface area (Å²) in [4.78, 5) is 12.0. The molecule has 1 atom stereocenters. The SMILES string of the molecule is CC(C)Cn1ncc(N[C@H](CO)C(C)C)c(Cl)c1=O. The van der Waals surface area contributed by atoms with Gasteiger partial charge in [-0.05, 0) is 11.8 Å². The van der Waals surface area contributed by atoms with Gasteiger partial charge in [0.2, 0.25) is 0 Å². The Morgan fingerprint density at radius 2 is 2.05 bits per heavy atom. The third kappa shape index (κ3) is 4.21. The van der Waals surface area contributed by atoms with E-state index in [1.165, 1.54) is 10.9 Å². The average molecular weight is 288 g/mol. The molecule has 0 unspecified atom stereocenters. The summed E-state index contributed by atoms with van der Waals surface area (Å²) >= 11 is 6.07. The summed E-state index contributed by atoms with van der Waals surface area (Å²) in [5.41, 5.74) is 0.167. The second kappa shape index (κ2) is 6.91. The monoisotopic (exact) mass is 287 g/mol. The lowest BCUT2D eigenvalue weighted by Gasteiger charge is -2.21. The maximum Gasteiger partial charge on any atom is 0.287 e. The molecule has 0 spiro atoms. The van der Waals surface area contributed by atoms with Crippen molar-refractivity contribution >= 4 is 17.3 Å². The number of nitrogens with zero attached hydrogens (tertiary/aromatic N) is 2. The molecule has 0 aliphatic rings. The molecule has 0 saturated heterocycles. The van der Waals surface area contributed by atoms with Gasteiger partial charge in [0.15, 0.2) is 0 Å². The Balaban J connectivity index is 2.99. The number of aliphatic hydroxyl groups is 1. The van der Waals surface area contributed by atoms with Crippen LogP contribution in [0.1, 0.15) is 27.7 Å². The van der Waals surface area contributed by atoms with E-state index < -0.39 is 0 Å². The summed E-state index contributed by atoms with van der Waals surface area (Å²) < 4.78 is 1.36. The topological polar surface area (TPSA) is 67.2 Å². The van der Waals surface area contributed by atoms with Gasteiger partial charge < -0.3 is 10.4 Å². The Bertz CT molecular complexity index is 471. The van der Waals surface area contributed by atoms with Gasteiger partial charge in [-0.3, -0.25) is 4.79 Å². The van der Waals surface area contributed by atoms with Gasteiger partial charge in [-0.25, -0.2) is 4.68 Å². The second-order valence-electron chi connectivity index (χ2n) is 5.43. The molecule has 19 heavy (non-hydrogen) atoms. The molecule has 1 aromatic heterocycles. The van der Waals surface area contributed by atoms with E-state index in [1.807, 2.05) is 27.7 Å². The van der Waals surface area contributed by atoms with E-state index >= 15 is 0 Å². The molecule has 0 radical (unpaired) electrons. The fraction of sp³-hybridized carbons (Fsp3) is 0.692. The van der Waals surface area contributed by atoms with E-state index in [2.05, 4.69) is 10.4 Å². The smallest absolute Gasteiger partial charge is 0.287 e. The number of hydrogen-bond donors (Lipinski definition) is 2. The highest BCUT2D eigenvalue weighted by Crippen LogP contribution is 2.18. The van der Waals surface area contributed by atoms with Crippen molar-refractivity contribution in [2.24, 2.45) is 11.8 Å². The van der Waals surface area contributed by atoms with Crippen molar-refractivity contribution in [1.82, 2.24) is 9.78 Å². The quantitative estimate of drug-likeness (QED) is 0.839. The third-order valence-corrected chi connectivity index (χ3v) is 3.23. The van der Waals surface area contributed by atoms with Crippen LogP contribution in [0, 0.1) is 11.8 Å². The fourth-order valence-electron chi connectivity index (χ4n) is 1.66. The molecule has 108 valence electrons. The van der Waals surface area contributed by atoms with Crippen LogP contribution in [0.4, 0.5) is 5.69 Å². The minimum absolute atomic E-state index is 0.0247. The van der Waals surface area contributed by atoms with Crippen molar-refractivity contribution < 1.29 is 5.11 Å². The van der Waals surface area contributed by atoms with Gasteiger partial charge >= 0.3 is 0 Å². The van der Waals surface area contributed by atoms with Crippen molar-refractivity contribution in [3.63, 3.8) is 0 Å². The molecular weight excluding hydrogens is 266 g/mol. The standard InChI is InChI=1S/C13H22ClN3O2/c1-8(2)6-17-13(19)12(14)10(5-15-17)16-11(7-18)9(3)4/h5,8-9,11,16,18H,6-7H2,1-4H3/t11-/m1/s1. The molecule has 0 amide bonds.